The van der Waals surface area contributed by atoms with Crippen LogP contribution in [0.5, 0.6) is 11.5 Å². The van der Waals surface area contributed by atoms with Gasteiger partial charge in [0, 0.05) is 28.5 Å². The molecule has 3 rings (SSSR count). The Labute approximate surface area is 184 Å². The highest BCUT2D eigenvalue weighted by Crippen LogP contribution is 2.37. The second-order valence-corrected chi connectivity index (χ2v) is 8.74. The van der Waals surface area contributed by atoms with Gasteiger partial charge in [0.1, 0.15) is 0 Å². The zero-order chi connectivity index (χ0) is 23.3. The Morgan fingerprint density at radius 2 is 1.59 bits per heavy atom. The summed E-state index contributed by atoms with van der Waals surface area (Å²) in [5.74, 6) is -1.13. The molecule has 0 aliphatic heterocycles. The molecule has 0 amide bonds. The third-order valence-electron chi connectivity index (χ3n) is 4.12. The van der Waals surface area contributed by atoms with E-state index in [4.69, 9.17) is 0 Å². The molecule has 0 unspecified atom stereocenters. The number of ether oxygens (including phenoxy) is 2. The van der Waals surface area contributed by atoms with E-state index in [0.29, 0.717) is 11.4 Å². The second-order valence-electron chi connectivity index (χ2n) is 6.06. The van der Waals surface area contributed by atoms with Crippen LogP contribution in [0.1, 0.15) is 4.88 Å². The molecule has 172 valence electrons. The van der Waals surface area contributed by atoms with Crippen molar-refractivity contribution in [1.82, 2.24) is 4.98 Å². The smallest absolute Gasteiger partial charge is 0.387 e. The highest BCUT2D eigenvalue weighted by atomic mass is 32.2. The monoisotopic (exact) mass is 492 g/mol. The van der Waals surface area contributed by atoms with E-state index < -0.39 is 34.8 Å². The predicted molar refractivity (Wildman–Crippen MR) is 108 cm³/mol. The van der Waals surface area contributed by atoms with E-state index in [-0.39, 0.29) is 11.4 Å². The van der Waals surface area contributed by atoms with E-state index in [2.05, 4.69) is 18.6 Å². The maximum atomic E-state index is 12.8. The Bertz CT molecular complexity index is 1130. The Morgan fingerprint density at radius 3 is 2.16 bits per heavy atom. The van der Waals surface area contributed by atoms with Crippen LogP contribution in [-0.2, 0) is 20.8 Å². The minimum atomic E-state index is -3.91. The normalized spacial score (nSPS) is 11.7. The van der Waals surface area contributed by atoms with Gasteiger partial charge in [0.05, 0.1) is 24.1 Å². The van der Waals surface area contributed by atoms with Crippen molar-refractivity contribution in [3.05, 3.63) is 59.0 Å². The first-order valence-corrected chi connectivity index (χ1v) is 11.1. The van der Waals surface area contributed by atoms with Gasteiger partial charge in [0.25, 0.3) is 10.1 Å². The Hall–Kier alpha value is -2.90. The standard InChI is InChI=1S/C19H16F4N2O5S2/c1-28-32(26,27)15-5-2-12(3-6-15)25(10-14-9-24-11-31-14)13-4-7-16(29-18(20)21)17(8-13)30-19(22)23/h2-9,11,18-19H,10H2,1H3. The van der Waals surface area contributed by atoms with Gasteiger partial charge >= 0.3 is 13.2 Å². The number of hydrogen-bond donors (Lipinski definition) is 0. The number of rotatable bonds is 10. The lowest BCUT2D eigenvalue weighted by Crippen LogP contribution is -2.17. The van der Waals surface area contributed by atoms with Crippen LogP contribution in [0.4, 0.5) is 28.9 Å². The van der Waals surface area contributed by atoms with Crippen LogP contribution >= 0.6 is 11.3 Å². The molecule has 0 bridgehead atoms. The summed E-state index contributed by atoms with van der Waals surface area (Å²) in [6.07, 6.45) is 1.60. The fraction of sp³-hybridized carbons (Fsp3) is 0.211. The van der Waals surface area contributed by atoms with Crippen molar-refractivity contribution in [3.63, 3.8) is 0 Å². The van der Waals surface area contributed by atoms with Crippen molar-refractivity contribution >= 4 is 32.8 Å². The second kappa shape index (κ2) is 10.1. The van der Waals surface area contributed by atoms with E-state index in [1.807, 2.05) is 0 Å². The van der Waals surface area contributed by atoms with E-state index in [0.717, 1.165) is 24.1 Å². The summed E-state index contributed by atoms with van der Waals surface area (Å²) in [6, 6.07) is 9.22. The third-order valence-corrected chi connectivity index (χ3v) is 6.18. The van der Waals surface area contributed by atoms with E-state index in [1.165, 1.54) is 41.7 Å². The summed E-state index contributed by atoms with van der Waals surface area (Å²) in [7, 11) is -2.88. The first kappa shape index (κ1) is 23.8. The lowest BCUT2D eigenvalue weighted by Gasteiger charge is -2.25. The van der Waals surface area contributed by atoms with Crippen LogP contribution in [0.3, 0.4) is 0 Å². The van der Waals surface area contributed by atoms with Crippen LogP contribution in [0.25, 0.3) is 0 Å². The predicted octanol–water partition coefficient (Wildman–Crippen LogP) is 5.02. The van der Waals surface area contributed by atoms with Gasteiger partial charge in [-0.3, -0.25) is 9.17 Å². The summed E-state index contributed by atoms with van der Waals surface area (Å²) >= 11 is 1.33. The highest BCUT2D eigenvalue weighted by Gasteiger charge is 2.20. The fourth-order valence-electron chi connectivity index (χ4n) is 2.74. The number of benzene rings is 2. The minimum absolute atomic E-state index is 0.0797. The Morgan fingerprint density at radius 1 is 0.969 bits per heavy atom. The summed E-state index contributed by atoms with van der Waals surface area (Å²) < 4.78 is 87.8. The van der Waals surface area contributed by atoms with Gasteiger partial charge in [0.15, 0.2) is 11.5 Å². The number of alkyl halides is 4. The Kier molecular flexibility index (Phi) is 7.53. The third kappa shape index (κ3) is 5.87. The van der Waals surface area contributed by atoms with Crippen molar-refractivity contribution in [3.8, 4) is 11.5 Å². The zero-order valence-corrected chi connectivity index (χ0v) is 18.0. The topological polar surface area (TPSA) is 78.0 Å². The van der Waals surface area contributed by atoms with Gasteiger partial charge in [0.2, 0.25) is 0 Å². The maximum absolute atomic E-state index is 12.8. The van der Waals surface area contributed by atoms with Crippen molar-refractivity contribution in [2.24, 2.45) is 0 Å². The zero-order valence-electron chi connectivity index (χ0n) is 16.3. The number of hydrogen-bond acceptors (Lipinski definition) is 8. The van der Waals surface area contributed by atoms with Gasteiger partial charge in [-0.05, 0) is 36.4 Å². The van der Waals surface area contributed by atoms with Crippen molar-refractivity contribution in [2.75, 3.05) is 12.0 Å². The van der Waals surface area contributed by atoms with Crippen LogP contribution in [0.2, 0.25) is 0 Å². The van der Waals surface area contributed by atoms with Crippen LogP contribution in [0.15, 0.2) is 59.1 Å². The Balaban J connectivity index is 2.04. The summed E-state index contributed by atoms with van der Waals surface area (Å²) in [4.78, 5) is 6.35. The molecule has 0 saturated carbocycles. The molecule has 1 aromatic heterocycles. The van der Waals surface area contributed by atoms with Crippen molar-refractivity contribution in [1.29, 1.82) is 0 Å². The molecule has 0 fully saturated rings. The molecule has 0 aliphatic rings. The highest BCUT2D eigenvalue weighted by molar-refractivity contribution is 7.86. The molecule has 0 N–H and O–H groups in total. The van der Waals surface area contributed by atoms with E-state index in [9.17, 15) is 26.0 Å². The molecule has 0 aliphatic carbocycles. The molecule has 0 radical (unpaired) electrons. The number of aromatic nitrogens is 1. The lowest BCUT2D eigenvalue weighted by molar-refractivity contribution is -0.0692. The fourth-order valence-corrected chi connectivity index (χ4v) is 3.99. The molecule has 32 heavy (non-hydrogen) atoms. The molecule has 3 aromatic rings. The maximum Gasteiger partial charge on any atom is 0.387 e. The average molecular weight is 492 g/mol. The van der Waals surface area contributed by atoms with Gasteiger partial charge in [-0.25, -0.2) is 0 Å². The number of nitrogens with zero attached hydrogens (tertiary/aromatic N) is 2. The average Bonchev–Trinajstić information content (AvgIpc) is 3.26. The van der Waals surface area contributed by atoms with Crippen LogP contribution < -0.4 is 14.4 Å². The van der Waals surface area contributed by atoms with Crippen LogP contribution in [-0.4, -0.2) is 33.7 Å². The summed E-state index contributed by atoms with van der Waals surface area (Å²) in [5, 5.41) is 0. The van der Waals surface area contributed by atoms with Crippen molar-refractivity contribution in [2.45, 2.75) is 24.7 Å². The van der Waals surface area contributed by atoms with Gasteiger partial charge < -0.3 is 14.4 Å². The molecular formula is C19H16F4N2O5S2. The van der Waals surface area contributed by atoms with E-state index >= 15 is 0 Å². The van der Waals surface area contributed by atoms with Gasteiger partial charge in [-0.2, -0.15) is 26.0 Å². The summed E-state index contributed by atoms with van der Waals surface area (Å²) in [6.45, 7) is -6.27. The van der Waals surface area contributed by atoms with E-state index in [1.54, 1.807) is 16.6 Å². The largest absolute Gasteiger partial charge is 0.431 e. The molecular weight excluding hydrogens is 476 g/mol. The molecule has 0 atom stereocenters. The molecule has 2 aromatic carbocycles. The van der Waals surface area contributed by atoms with Crippen molar-refractivity contribution < 1.29 is 39.6 Å². The SMILES string of the molecule is COS(=O)(=O)c1ccc(N(Cc2cncs2)c2ccc(OC(F)F)c(OC(F)F)c2)cc1. The molecule has 7 nitrogen and oxygen atoms in total. The molecule has 0 saturated heterocycles. The molecule has 0 spiro atoms. The molecule has 1 heterocycles. The van der Waals surface area contributed by atoms with Gasteiger partial charge in [-0.15, -0.1) is 11.3 Å². The first-order valence-electron chi connectivity index (χ1n) is 8.79. The number of halogens is 4. The number of anilines is 2. The first-order chi connectivity index (χ1) is 15.2. The summed E-state index contributed by atoms with van der Waals surface area (Å²) in [5.41, 5.74) is 2.39. The van der Waals surface area contributed by atoms with Crippen LogP contribution in [0, 0.1) is 0 Å². The lowest BCUT2D eigenvalue weighted by atomic mass is 10.2. The minimum Gasteiger partial charge on any atom is -0.431 e. The van der Waals surface area contributed by atoms with Gasteiger partial charge in [-0.1, -0.05) is 0 Å². The quantitative estimate of drug-likeness (QED) is 0.291. The molecule has 13 heteroatoms. The number of thiazole rings is 1.